The van der Waals surface area contributed by atoms with Gasteiger partial charge in [-0.1, -0.05) is 0 Å². The molecule has 1 aromatic heterocycles. The molecule has 0 spiro atoms. The monoisotopic (exact) mass is 252 g/mol. The summed E-state index contributed by atoms with van der Waals surface area (Å²) in [5.74, 6) is -1.49. The number of pyridine rings is 1. The predicted molar refractivity (Wildman–Crippen MR) is 64.4 cm³/mol. The molecule has 1 heterocycles. The van der Waals surface area contributed by atoms with Crippen molar-refractivity contribution in [2.24, 2.45) is 0 Å². The van der Waals surface area contributed by atoms with Gasteiger partial charge in [-0.3, -0.25) is 4.79 Å². The van der Waals surface area contributed by atoms with E-state index in [-0.39, 0.29) is 23.8 Å². The zero-order valence-electron chi connectivity index (χ0n) is 10.3. The van der Waals surface area contributed by atoms with Crippen LogP contribution in [0.2, 0.25) is 0 Å². The Kier molecular flexibility index (Phi) is 4.38. The Morgan fingerprint density at radius 1 is 1.39 bits per heavy atom. The standard InChI is InChI=1S/C12H16N2O4/c1-12(2,5-6-15)14-10(16)8-3-4-9(11(17)18)13-7-8/h3-4,7,15H,5-6H2,1-2H3,(H,14,16)(H,17,18). The first kappa shape index (κ1) is 14.1. The number of aliphatic hydroxyl groups excluding tert-OH is 1. The Morgan fingerprint density at radius 2 is 2.06 bits per heavy atom. The van der Waals surface area contributed by atoms with Crippen LogP contribution in [0.3, 0.4) is 0 Å². The number of carboxylic acids is 1. The van der Waals surface area contributed by atoms with E-state index in [9.17, 15) is 9.59 Å². The van der Waals surface area contributed by atoms with Crippen LogP contribution in [-0.4, -0.2) is 39.2 Å². The number of aromatic carboxylic acids is 1. The Balaban J connectivity index is 2.76. The molecule has 6 heteroatoms. The first-order chi connectivity index (χ1) is 8.35. The molecule has 0 aliphatic rings. The van der Waals surface area contributed by atoms with E-state index in [4.69, 9.17) is 10.2 Å². The van der Waals surface area contributed by atoms with Crippen molar-refractivity contribution in [2.45, 2.75) is 25.8 Å². The lowest BCUT2D eigenvalue weighted by Gasteiger charge is -2.25. The van der Waals surface area contributed by atoms with E-state index in [2.05, 4.69) is 10.3 Å². The molecule has 0 aliphatic carbocycles. The lowest BCUT2D eigenvalue weighted by atomic mass is 10.0. The summed E-state index contributed by atoms with van der Waals surface area (Å²) in [5, 5.41) is 20.3. The van der Waals surface area contributed by atoms with Crippen LogP contribution < -0.4 is 5.32 Å². The average molecular weight is 252 g/mol. The zero-order valence-corrected chi connectivity index (χ0v) is 10.3. The van der Waals surface area contributed by atoms with E-state index in [1.54, 1.807) is 13.8 Å². The highest BCUT2D eigenvalue weighted by Gasteiger charge is 2.20. The second-order valence-electron chi connectivity index (χ2n) is 4.55. The minimum atomic E-state index is -1.14. The first-order valence-electron chi connectivity index (χ1n) is 5.48. The molecule has 0 saturated carbocycles. The third-order valence-electron chi connectivity index (χ3n) is 2.43. The molecule has 0 saturated heterocycles. The highest BCUT2D eigenvalue weighted by Crippen LogP contribution is 2.09. The van der Waals surface area contributed by atoms with E-state index in [1.807, 2.05) is 0 Å². The molecule has 0 atom stereocenters. The van der Waals surface area contributed by atoms with Gasteiger partial charge in [-0.15, -0.1) is 0 Å². The molecular weight excluding hydrogens is 236 g/mol. The maximum absolute atomic E-state index is 11.8. The minimum absolute atomic E-state index is 0.0243. The predicted octanol–water partition coefficient (Wildman–Crippen LogP) is 0.671. The molecule has 1 amide bonds. The van der Waals surface area contributed by atoms with Crippen molar-refractivity contribution >= 4 is 11.9 Å². The van der Waals surface area contributed by atoms with Crippen LogP contribution in [-0.2, 0) is 0 Å². The van der Waals surface area contributed by atoms with Crippen LogP contribution in [0.4, 0.5) is 0 Å². The molecule has 0 unspecified atom stereocenters. The number of carbonyl (C=O) groups is 2. The third kappa shape index (κ3) is 3.81. The number of rotatable bonds is 5. The van der Waals surface area contributed by atoms with E-state index in [1.165, 1.54) is 18.3 Å². The topological polar surface area (TPSA) is 99.5 Å². The molecule has 98 valence electrons. The number of nitrogens with one attached hydrogen (secondary N) is 1. The van der Waals surface area contributed by atoms with Crippen LogP contribution >= 0.6 is 0 Å². The third-order valence-corrected chi connectivity index (χ3v) is 2.43. The Labute approximate surface area is 105 Å². The van der Waals surface area contributed by atoms with Gasteiger partial charge in [0.2, 0.25) is 0 Å². The number of hydrogen-bond donors (Lipinski definition) is 3. The van der Waals surface area contributed by atoms with Crippen molar-refractivity contribution in [1.82, 2.24) is 10.3 Å². The van der Waals surface area contributed by atoms with Crippen molar-refractivity contribution in [2.75, 3.05) is 6.61 Å². The summed E-state index contributed by atoms with van der Waals surface area (Å²) in [6.07, 6.45) is 1.65. The summed E-state index contributed by atoms with van der Waals surface area (Å²) >= 11 is 0. The number of aliphatic hydroxyl groups is 1. The molecule has 1 rings (SSSR count). The van der Waals surface area contributed by atoms with Gasteiger partial charge in [0.05, 0.1) is 5.56 Å². The fourth-order valence-corrected chi connectivity index (χ4v) is 1.38. The molecule has 18 heavy (non-hydrogen) atoms. The van der Waals surface area contributed by atoms with Gasteiger partial charge in [0.25, 0.3) is 5.91 Å². The van der Waals surface area contributed by atoms with Crippen LogP contribution in [0.5, 0.6) is 0 Å². The van der Waals surface area contributed by atoms with E-state index in [0.29, 0.717) is 6.42 Å². The lowest BCUT2D eigenvalue weighted by molar-refractivity contribution is 0.0689. The van der Waals surface area contributed by atoms with Crippen molar-refractivity contribution < 1.29 is 19.8 Å². The van der Waals surface area contributed by atoms with Crippen molar-refractivity contribution in [3.05, 3.63) is 29.6 Å². The van der Waals surface area contributed by atoms with Gasteiger partial charge in [-0.25, -0.2) is 9.78 Å². The van der Waals surface area contributed by atoms with Gasteiger partial charge in [-0.2, -0.15) is 0 Å². The van der Waals surface area contributed by atoms with Crippen molar-refractivity contribution in [3.63, 3.8) is 0 Å². The van der Waals surface area contributed by atoms with Crippen LogP contribution in [0, 0.1) is 0 Å². The second kappa shape index (κ2) is 5.59. The SMILES string of the molecule is CC(C)(CCO)NC(=O)c1ccc(C(=O)O)nc1. The van der Waals surface area contributed by atoms with Crippen LogP contribution in [0.25, 0.3) is 0 Å². The van der Waals surface area contributed by atoms with E-state index in [0.717, 1.165) is 0 Å². The van der Waals surface area contributed by atoms with Gasteiger partial charge in [0, 0.05) is 18.3 Å². The molecule has 1 aromatic rings. The molecule has 3 N–H and O–H groups in total. The zero-order chi connectivity index (χ0) is 13.8. The fourth-order valence-electron chi connectivity index (χ4n) is 1.38. The Hall–Kier alpha value is -1.95. The summed E-state index contributed by atoms with van der Waals surface area (Å²) in [4.78, 5) is 26.1. The summed E-state index contributed by atoms with van der Waals surface area (Å²) in [7, 11) is 0. The molecule has 0 bridgehead atoms. The fraction of sp³-hybridized carbons (Fsp3) is 0.417. The van der Waals surface area contributed by atoms with Crippen molar-refractivity contribution in [1.29, 1.82) is 0 Å². The second-order valence-corrected chi connectivity index (χ2v) is 4.55. The molecule has 6 nitrogen and oxygen atoms in total. The van der Waals surface area contributed by atoms with Gasteiger partial charge >= 0.3 is 5.97 Å². The highest BCUT2D eigenvalue weighted by molar-refractivity contribution is 5.95. The van der Waals surface area contributed by atoms with Gasteiger partial charge < -0.3 is 15.5 Å². The van der Waals surface area contributed by atoms with Gasteiger partial charge in [0.1, 0.15) is 5.69 Å². The van der Waals surface area contributed by atoms with E-state index >= 15 is 0 Å². The maximum Gasteiger partial charge on any atom is 0.354 e. The molecule has 0 aromatic carbocycles. The smallest absolute Gasteiger partial charge is 0.354 e. The number of hydrogen-bond acceptors (Lipinski definition) is 4. The summed E-state index contributed by atoms with van der Waals surface area (Å²) in [6, 6.07) is 2.68. The highest BCUT2D eigenvalue weighted by atomic mass is 16.4. The number of carboxylic acid groups (broad SMARTS) is 1. The number of aromatic nitrogens is 1. The normalized spacial score (nSPS) is 11.1. The van der Waals surface area contributed by atoms with Crippen molar-refractivity contribution in [3.8, 4) is 0 Å². The molecule has 0 fully saturated rings. The van der Waals surface area contributed by atoms with E-state index < -0.39 is 11.5 Å². The van der Waals surface area contributed by atoms with Crippen LogP contribution in [0.15, 0.2) is 18.3 Å². The van der Waals surface area contributed by atoms with Gasteiger partial charge in [-0.05, 0) is 32.4 Å². The first-order valence-corrected chi connectivity index (χ1v) is 5.48. The Morgan fingerprint density at radius 3 is 2.50 bits per heavy atom. The largest absolute Gasteiger partial charge is 0.477 e. The molecular formula is C12H16N2O4. The van der Waals surface area contributed by atoms with Crippen LogP contribution in [0.1, 0.15) is 41.1 Å². The number of nitrogens with zero attached hydrogens (tertiary/aromatic N) is 1. The lowest BCUT2D eigenvalue weighted by Crippen LogP contribution is -2.44. The minimum Gasteiger partial charge on any atom is -0.477 e. The Bertz CT molecular complexity index is 440. The summed E-state index contributed by atoms with van der Waals surface area (Å²) in [6.45, 7) is 3.56. The average Bonchev–Trinajstić information content (AvgIpc) is 2.28. The summed E-state index contributed by atoms with van der Waals surface area (Å²) < 4.78 is 0. The number of carbonyl (C=O) groups excluding carboxylic acids is 1. The number of amides is 1. The molecule has 0 radical (unpaired) electrons. The molecule has 0 aliphatic heterocycles. The van der Waals surface area contributed by atoms with Gasteiger partial charge in [0.15, 0.2) is 0 Å². The summed E-state index contributed by atoms with van der Waals surface area (Å²) in [5.41, 5.74) is -0.357. The quantitative estimate of drug-likeness (QED) is 0.715. The maximum atomic E-state index is 11.8.